The maximum absolute atomic E-state index is 12.2. The zero-order chi connectivity index (χ0) is 14.6. The Morgan fingerprint density at radius 1 is 1.25 bits per heavy atom. The van der Waals surface area contributed by atoms with Crippen molar-refractivity contribution >= 4 is 15.7 Å². The zero-order valence-corrected chi connectivity index (χ0v) is 12.3. The Morgan fingerprint density at radius 3 is 2.50 bits per heavy atom. The topological polar surface area (TPSA) is 76.0 Å². The van der Waals surface area contributed by atoms with E-state index in [4.69, 9.17) is 0 Å². The lowest BCUT2D eigenvalue weighted by Gasteiger charge is -2.07. The van der Waals surface area contributed by atoms with Gasteiger partial charge in [0.25, 0.3) is 10.0 Å². The molecule has 0 spiro atoms. The number of aryl methyl sites for hydroxylation is 1. The van der Waals surface area contributed by atoms with Gasteiger partial charge in [0.2, 0.25) is 0 Å². The van der Waals surface area contributed by atoms with Gasteiger partial charge in [0.05, 0.1) is 16.8 Å². The van der Waals surface area contributed by atoms with Gasteiger partial charge < -0.3 is 5.32 Å². The summed E-state index contributed by atoms with van der Waals surface area (Å²) in [7, 11) is 0.0599. The summed E-state index contributed by atoms with van der Waals surface area (Å²) >= 11 is 0. The fraction of sp³-hybridized carbons (Fsp3) is 0.308. The molecule has 0 aliphatic rings. The van der Waals surface area contributed by atoms with Gasteiger partial charge >= 0.3 is 0 Å². The van der Waals surface area contributed by atoms with Crippen LogP contribution in [-0.4, -0.2) is 31.8 Å². The number of hydrogen-bond donors (Lipinski definition) is 2. The number of aromatic nitrogens is 2. The second-order valence-corrected chi connectivity index (χ2v) is 6.19. The van der Waals surface area contributed by atoms with E-state index < -0.39 is 10.0 Å². The Labute approximate surface area is 118 Å². The standard InChI is InChI=1S/C13H18N4O2S/c1-14-8-7-11-3-5-13(6-4-11)20(18,19)16-12-9-15-17(2)10-12/h3-6,9-10,14,16H,7-8H2,1-2H3. The van der Waals surface area contributed by atoms with Gasteiger partial charge in [-0.25, -0.2) is 8.42 Å². The van der Waals surface area contributed by atoms with Crippen molar-refractivity contribution in [2.24, 2.45) is 7.05 Å². The van der Waals surface area contributed by atoms with Crippen LogP contribution < -0.4 is 10.0 Å². The fourth-order valence-electron chi connectivity index (χ4n) is 1.79. The van der Waals surface area contributed by atoms with Gasteiger partial charge in [-0.05, 0) is 37.7 Å². The maximum atomic E-state index is 12.2. The van der Waals surface area contributed by atoms with E-state index in [2.05, 4.69) is 15.1 Å². The van der Waals surface area contributed by atoms with Crippen molar-refractivity contribution in [3.8, 4) is 0 Å². The Balaban J connectivity index is 2.13. The SMILES string of the molecule is CNCCc1ccc(S(=O)(=O)Nc2cnn(C)c2)cc1. The minimum atomic E-state index is -3.56. The van der Waals surface area contributed by atoms with Crippen molar-refractivity contribution in [3.63, 3.8) is 0 Å². The highest BCUT2D eigenvalue weighted by atomic mass is 32.2. The molecule has 0 bridgehead atoms. The van der Waals surface area contributed by atoms with Crippen molar-refractivity contribution in [1.29, 1.82) is 0 Å². The molecule has 7 heteroatoms. The van der Waals surface area contributed by atoms with Gasteiger partial charge in [-0.2, -0.15) is 5.10 Å². The van der Waals surface area contributed by atoms with Crippen LogP contribution in [0.25, 0.3) is 0 Å². The average molecular weight is 294 g/mol. The highest BCUT2D eigenvalue weighted by molar-refractivity contribution is 7.92. The van der Waals surface area contributed by atoms with Crippen molar-refractivity contribution in [2.45, 2.75) is 11.3 Å². The molecule has 2 rings (SSSR count). The molecule has 0 atom stereocenters. The van der Waals surface area contributed by atoms with Crippen LogP contribution in [0.5, 0.6) is 0 Å². The van der Waals surface area contributed by atoms with Gasteiger partial charge in [0.1, 0.15) is 0 Å². The lowest BCUT2D eigenvalue weighted by molar-refractivity contribution is 0.601. The van der Waals surface area contributed by atoms with E-state index >= 15 is 0 Å². The Morgan fingerprint density at radius 2 is 1.95 bits per heavy atom. The summed E-state index contributed by atoms with van der Waals surface area (Å²) in [5, 5.41) is 6.98. The lowest BCUT2D eigenvalue weighted by Crippen LogP contribution is -2.13. The predicted octanol–water partition coefficient (Wildman–Crippen LogP) is 0.983. The molecule has 0 aliphatic heterocycles. The minimum Gasteiger partial charge on any atom is -0.319 e. The van der Waals surface area contributed by atoms with Crippen molar-refractivity contribution in [2.75, 3.05) is 18.3 Å². The quantitative estimate of drug-likeness (QED) is 0.833. The van der Waals surface area contributed by atoms with Gasteiger partial charge in [-0.3, -0.25) is 9.40 Å². The van der Waals surface area contributed by atoms with Crippen LogP contribution in [0.15, 0.2) is 41.6 Å². The zero-order valence-electron chi connectivity index (χ0n) is 11.5. The highest BCUT2D eigenvalue weighted by Crippen LogP contribution is 2.16. The first-order valence-corrected chi connectivity index (χ1v) is 7.74. The van der Waals surface area contributed by atoms with Crippen LogP contribution in [0.3, 0.4) is 0 Å². The number of rotatable bonds is 6. The molecule has 2 N–H and O–H groups in total. The predicted molar refractivity (Wildman–Crippen MR) is 78.1 cm³/mol. The summed E-state index contributed by atoms with van der Waals surface area (Å²) in [6, 6.07) is 6.89. The van der Waals surface area contributed by atoms with Gasteiger partial charge in [0, 0.05) is 13.2 Å². The Bertz CT molecular complexity index is 662. The fourth-order valence-corrected chi connectivity index (χ4v) is 2.82. The van der Waals surface area contributed by atoms with Gasteiger partial charge in [0.15, 0.2) is 0 Å². The van der Waals surface area contributed by atoms with Crippen molar-refractivity contribution < 1.29 is 8.42 Å². The number of hydrogen-bond acceptors (Lipinski definition) is 4. The van der Waals surface area contributed by atoms with E-state index in [1.54, 1.807) is 30.1 Å². The first kappa shape index (κ1) is 14.5. The molecule has 0 fully saturated rings. The van der Waals surface area contributed by atoms with Crippen LogP contribution in [0, 0.1) is 0 Å². The third-order valence-corrected chi connectivity index (χ3v) is 4.25. The van der Waals surface area contributed by atoms with E-state index in [0.29, 0.717) is 5.69 Å². The molecule has 0 amide bonds. The molecule has 0 saturated carbocycles. The second kappa shape index (κ2) is 6.06. The lowest BCUT2D eigenvalue weighted by atomic mass is 10.1. The summed E-state index contributed by atoms with van der Waals surface area (Å²) in [4.78, 5) is 0.245. The molecule has 20 heavy (non-hydrogen) atoms. The summed E-state index contributed by atoms with van der Waals surface area (Å²) in [6.45, 7) is 0.861. The molecule has 1 aromatic heterocycles. The summed E-state index contributed by atoms with van der Waals surface area (Å²) in [6.07, 6.45) is 3.95. The van der Waals surface area contributed by atoms with E-state index in [1.807, 2.05) is 19.2 Å². The van der Waals surface area contributed by atoms with Gasteiger partial charge in [-0.15, -0.1) is 0 Å². The maximum Gasteiger partial charge on any atom is 0.261 e. The first-order valence-electron chi connectivity index (χ1n) is 6.26. The van der Waals surface area contributed by atoms with E-state index in [-0.39, 0.29) is 4.90 Å². The van der Waals surface area contributed by atoms with Crippen LogP contribution in [-0.2, 0) is 23.5 Å². The number of sulfonamides is 1. The van der Waals surface area contributed by atoms with Crippen LogP contribution in [0.2, 0.25) is 0 Å². The molecule has 108 valence electrons. The molecular formula is C13H18N4O2S. The molecule has 2 aromatic rings. The normalized spacial score (nSPS) is 11.5. The molecule has 0 unspecified atom stereocenters. The molecule has 0 saturated heterocycles. The molecule has 0 radical (unpaired) electrons. The Hall–Kier alpha value is -1.86. The highest BCUT2D eigenvalue weighted by Gasteiger charge is 2.14. The number of benzene rings is 1. The molecule has 1 heterocycles. The number of anilines is 1. The monoisotopic (exact) mass is 294 g/mol. The van der Waals surface area contributed by atoms with Crippen LogP contribution >= 0.6 is 0 Å². The Kier molecular flexibility index (Phi) is 4.41. The molecular weight excluding hydrogens is 276 g/mol. The van der Waals surface area contributed by atoms with Crippen LogP contribution in [0.4, 0.5) is 5.69 Å². The minimum absolute atomic E-state index is 0.245. The summed E-state index contributed by atoms with van der Waals surface area (Å²) in [5.74, 6) is 0. The molecule has 0 aliphatic carbocycles. The van der Waals surface area contributed by atoms with E-state index in [0.717, 1.165) is 18.5 Å². The number of likely N-dealkylation sites (N-methyl/N-ethyl adjacent to an activating group) is 1. The number of nitrogens with one attached hydrogen (secondary N) is 2. The molecule has 6 nitrogen and oxygen atoms in total. The second-order valence-electron chi connectivity index (χ2n) is 4.51. The average Bonchev–Trinajstić information content (AvgIpc) is 2.81. The van der Waals surface area contributed by atoms with E-state index in [1.165, 1.54) is 6.20 Å². The van der Waals surface area contributed by atoms with Crippen LogP contribution in [0.1, 0.15) is 5.56 Å². The number of nitrogens with zero attached hydrogens (tertiary/aromatic N) is 2. The largest absolute Gasteiger partial charge is 0.319 e. The smallest absolute Gasteiger partial charge is 0.261 e. The first-order chi connectivity index (χ1) is 9.51. The van der Waals surface area contributed by atoms with Gasteiger partial charge in [-0.1, -0.05) is 12.1 Å². The molecule has 1 aromatic carbocycles. The van der Waals surface area contributed by atoms with E-state index in [9.17, 15) is 8.42 Å². The van der Waals surface area contributed by atoms with Crippen molar-refractivity contribution in [1.82, 2.24) is 15.1 Å². The summed E-state index contributed by atoms with van der Waals surface area (Å²) in [5.41, 5.74) is 1.55. The third kappa shape index (κ3) is 3.58. The third-order valence-electron chi connectivity index (χ3n) is 2.85. The summed E-state index contributed by atoms with van der Waals surface area (Å²) < 4.78 is 28.4. The van der Waals surface area contributed by atoms with Crippen molar-refractivity contribution in [3.05, 3.63) is 42.2 Å².